The molecular formula is C60H59F6N9O9S4. The number of piperazine rings is 2. The maximum absolute atomic E-state index is 14.5. The van der Waals surface area contributed by atoms with Crippen molar-refractivity contribution in [2.24, 2.45) is 4.99 Å². The molecule has 3 aliphatic heterocycles. The lowest BCUT2D eigenvalue weighted by molar-refractivity contribution is -0.0499. The number of pyridine rings is 2. The number of benzene rings is 4. The predicted molar refractivity (Wildman–Crippen MR) is 331 cm³/mol. The molecule has 2 saturated heterocycles. The molecule has 5 aromatic heterocycles. The molecule has 0 radical (unpaired) electrons. The number of aliphatic imine (C=N–C) groups is 1. The molecule has 28 heteroatoms. The minimum atomic E-state index is -6.57. The van der Waals surface area contributed by atoms with Gasteiger partial charge in [0.2, 0.25) is 0 Å². The van der Waals surface area contributed by atoms with E-state index in [0.717, 1.165) is 86.8 Å². The maximum atomic E-state index is 14.5. The van der Waals surface area contributed by atoms with Gasteiger partial charge in [-0.05, 0) is 134 Å². The van der Waals surface area contributed by atoms with Crippen LogP contribution in [0.4, 0.5) is 43.4 Å². The van der Waals surface area contributed by atoms with Gasteiger partial charge in [-0.25, -0.2) is 8.96 Å². The first kappa shape index (κ1) is 61.9. The van der Waals surface area contributed by atoms with Crippen molar-refractivity contribution < 1.29 is 56.8 Å². The van der Waals surface area contributed by atoms with Gasteiger partial charge in [-0.2, -0.15) is 43.2 Å². The van der Waals surface area contributed by atoms with Crippen LogP contribution in [0.2, 0.25) is 0 Å². The summed E-state index contributed by atoms with van der Waals surface area (Å²) in [6.07, 6.45) is 0.686. The van der Waals surface area contributed by atoms with Crippen molar-refractivity contribution in [3.05, 3.63) is 155 Å². The Bertz CT molecular complexity index is 4580. The average molecular weight is 1290 g/mol. The van der Waals surface area contributed by atoms with Crippen molar-refractivity contribution in [2.75, 3.05) is 90.5 Å². The van der Waals surface area contributed by atoms with Gasteiger partial charge in [-0.1, -0.05) is 30.3 Å². The van der Waals surface area contributed by atoms with Gasteiger partial charge in [0.25, 0.3) is 11.1 Å². The first-order chi connectivity index (χ1) is 41.7. The number of aryl methyl sites for hydroxylation is 3. The molecule has 18 nitrogen and oxygen atoms in total. The molecule has 0 spiro atoms. The molecule has 464 valence electrons. The smallest absolute Gasteiger partial charge is 0.497 e. The summed E-state index contributed by atoms with van der Waals surface area (Å²) in [6, 6.07) is 24.5. The van der Waals surface area contributed by atoms with E-state index < -0.39 is 64.8 Å². The van der Waals surface area contributed by atoms with Gasteiger partial charge in [-0.3, -0.25) is 23.7 Å². The SMILES string of the molecule is COc1ccc(Cn2c(=O)c(-c3nc4ccc(N5CCN(C)CC5)cc4n3S(=O)(=O)C(F)(F)F)c(OS(=O)(=O)C(F)(F)F)c3c(C)csc32)cc1.COc1ccc(Cn2c(=O)c(C3=Nc4cc(N5CCN(C)CC5)ccc4C3)c(C)c3c(C)csc32)cc1. The number of hydrogen-bond acceptors (Lipinski definition) is 17. The Balaban J connectivity index is 0.000000191. The quantitative estimate of drug-likeness (QED) is 0.0604. The fourth-order valence-corrected chi connectivity index (χ4v) is 14.8. The number of ether oxygens (including phenoxy) is 2. The van der Waals surface area contributed by atoms with Crippen molar-refractivity contribution >= 4 is 97.1 Å². The van der Waals surface area contributed by atoms with Gasteiger partial charge >= 0.3 is 31.2 Å². The lowest BCUT2D eigenvalue weighted by atomic mass is 9.98. The molecule has 3 aliphatic rings. The van der Waals surface area contributed by atoms with Gasteiger partial charge in [0.1, 0.15) is 26.7 Å². The summed E-state index contributed by atoms with van der Waals surface area (Å²) < 4.78 is 154. The molecule has 12 rings (SSSR count). The van der Waals surface area contributed by atoms with Crippen molar-refractivity contribution in [3.8, 4) is 28.6 Å². The number of rotatable bonds is 13. The molecule has 0 atom stereocenters. The van der Waals surface area contributed by atoms with E-state index >= 15 is 0 Å². The molecule has 88 heavy (non-hydrogen) atoms. The third kappa shape index (κ3) is 11.5. The lowest BCUT2D eigenvalue weighted by Gasteiger charge is -2.34. The Morgan fingerprint density at radius 3 is 1.60 bits per heavy atom. The van der Waals surface area contributed by atoms with E-state index in [1.807, 2.05) is 40.8 Å². The van der Waals surface area contributed by atoms with Gasteiger partial charge in [0, 0.05) is 75.5 Å². The number of methoxy groups -OCH3 is 2. The minimum absolute atomic E-state index is 0.0357. The predicted octanol–water partition coefficient (Wildman–Crippen LogP) is 10.3. The second-order valence-electron chi connectivity index (χ2n) is 21.8. The van der Waals surface area contributed by atoms with Crippen LogP contribution in [0.15, 0.2) is 110 Å². The van der Waals surface area contributed by atoms with E-state index in [9.17, 15) is 52.8 Å². The van der Waals surface area contributed by atoms with E-state index in [4.69, 9.17) is 14.5 Å². The summed E-state index contributed by atoms with van der Waals surface area (Å²) in [4.78, 5) is 47.1. The van der Waals surface area contributed by atoms with Gasteiger partial charge in [0.05, 0.1) is 60.7 Å². The second kappa shape index (κ2) is 23.6. The highest BCUT2D eigenvalue weighted by molar-refractivity contribution is 7.91. The van der Waals surface area contributed by atoms with E-state index in [2.05, 4.69) is 63.4 Å². The fraction of sp³-hybridized carbons (Fsp3) is 0.333. The zero-order chi connectivity index (χ0) is 62.9. The molecule has 2 fully saturated rings. The highest BCUT2D eigenvalue weighted by Gasteiger charge is 2.52. The summed E-state index contributed by atoms with van der Waals surface area (Å²) in [5.41, 5.74) is -6.56. The number of nitrogens with zero attached hydrogens (tertiary/aromatic N) is 9. The van der Waals surface area contributed by atoms with Crippen LogP contribution in [0.3, 0.4) is 0 Å². The van der Waals surface area contributed by atoms with Crippen LogP contribution in [0.1, 0.15) is 38.9 Å². The maximum Gasteiger partial charge on any atom is 0.534 e. The molecular weight excluding hydrogens is 1230 g/mol. The molecule has 0 aliphatic carbocycles. The number of alkyl halides is 6. The van der Waals surface area contributed by atoms with Crippen LogP contribution in [0.25, 0.3) is 42.9 Å². The van der Waals surface area contributed by atoms with Crippen LogP contribution in [0, 0.1) is 20.8 Å². The molecule has 0 bridgehead atoms. The second-order valence-corrected chi connectivity index (χ2v) is 26.8. The van der Waals surface area contributed by atoms with Gasteiger partial charge < -0.3 is 33.3 Å². The minimum Gasteiger partial charge on any atom is -0.497 e. The van der Waals surface area contributed by atoms with Crippen molar-refractivity contribution in [1.29, 1.82) is 0 Å². The summed E-state index contributed by atoms with van der Waals surface area (Å²) in [7, 11) is -5.95. The Hall–Kier alpha value is -7.76. The fourth-order valence-electron chi connectivity index (χ4n) is 11.2. The molecule has 0 saturated carbocycles. The topological polar surface area (TPSA) is 183 Å². The first-order valence-corrected chi connectivity index (χ1v) is 32.2. The zero-order valence-electron chi connectivity index (χ0n) is 48.6. The van der Waals surface area contributed by atoms with Crippen molar-refractivity contribution in [2.45, 2.75) is 51.3 Å². The molecule has 0 N–H and O–H groups in total. The lowest BCUT2D eigenvalue weighted by Crippen LogP contribution is -2.44. The number of aromatic nitrogens is 4. The van der Waals surface area contributed by atoms with E-state index in [0.29, 0.717) is 56.1 Å². The number of fused-ring (bicyclic) bond motifs is 4. The molecule has 9 aromatic rings. The Morgan fingerprint density at radius 2 is 1.09 bits per heavy atom. The standard InChI is InChI=1S/C30H27F6N5O7S3.C30H32N4O2S/c1-17-16-49-28-23(17)25(48-51(45,46)30(34,35)36)24(27(42)40(28)15-18-4-7-20(47-3)8-5-18)26-37-21-9-6-19(39-12-10-38(2)11-13-39)14-22(21)41(26)50(43,44)29(31,32)33;1-19-18-37-30-27(19)20(2)28(29(35)34(30)17-21-5-9-24(36-4)10-6-21)26-15-22-7-8-23(16-25(22)31-26)33-13-11-32(3)12-14-33/h4-9,14,16H,10-13,15H2,1-3H3;5-10,16,18H,11-15,17H2,1-4H3. The number of thiophene rings is 2. The zero-order valence-corrected chi connectivity index (χ0v) is 51.9. The van der Waals surface area contributed by atoms with Gasteiger partial charge in [0.15, 0.2) is 11.6 Å². The monoisotopic (exact) mass is 1290 g/mol. The molecule has 8 heterocycles. The van der Waals surface area contributed by atoms with Crippen molar-refractivity contribution in [3.63, 3.8) is 0 Å². The summed E-state index contributed by atoms with van der Waals surface area (Å²) in [5.74, 6) is -1.38. The highest BCUT2D eigenvalue weighted by Crippen LogP contribution is 2.45. The third-order valence-electron chi connectivity index (χ3n) is 16.1. The molecule has 0 amide bonds. The molecule has 0 unspecified atom stereocenters. The Labute approximate surface area is 509 Å². The number of anilines is 2. The summed E-state index contributed by atoms with van der Waals surface area (Å²) >= 11 is 2.46. The normalized spacial score (nSPS) is 15.4. The van der Waals surface area contributed by atoms with Crippen molar-refractivity contribution in [1.82, 2.24) is 27.9 Å². The van der Waals surface area contributed by atoms with Crippen LogP contribution < -0.4 is 34.6 Å². The number of halogens is 6. The Kier molecular flexibility index (Phi) is 16.6. The Morgan fingerprint density at radius 1 is 0.602 bits per heavy atom. The third-order valence-corrected chi connectivity index (χ3v) is 20.7. The van der Waals surface area contributed by atoms with E-state index in [1.165, 1.54) is 53.7 Å². The van der Waals surface area contributed by atoms with E-state index in [-0.39, 0.29) is 32.0 Å². The average Bonchev–Trinajstić information content (AvgIpc) is 1.72. The van der Waals surface area contributed by atoms with Crippen LogP contribution in [-0.2, 0) is 39.7 Å². The number of imidazole rings is 1. The largest absolute Gasteiger partial charge is 0.534 e. The molecule has 4 aromatic carbocycles. The summed E-state index contributed by atoms with van der Waals surface area (Å²) in [6.45, 7) is 11.9. The number of hydrogen-bond donors (Lipinski definition) is 0. The van der Waals surface area contributed by atoms with Crippen LogP contribution in [0.5, 0.6) is 17.2 Å². The first-order valence-electron chi connectivity index (χ1n) is 27.6. The van der Waals surface area contributed by atoms with Crippen LogP contribution >= 0.6 is 22.7 Å². The van der Waals surface area contributed by atoms with Gasteiger partial charge in [-0.15, -0.1) is 22.7 Å². The number of likely N-dealkylation sites (N-methyl/N-ethyl adjacent to an activating group) is 2. The van der Waals surface area contributed by atoms with Crippen LogP contribution in [-0.4, -0.2) is 142 Å². The van der Waals surface area contributed by atoms with E-state index in [1.54, 1.807) is 47.6 Å². The summed E-state index contributed by atoms with van der Waals surface area (Å²) in [5, 5.41) is 4.30. The highest BCUT2D eigenvalue weighted by atomic mass is 32.2.